The zero-order chi connectivity index (χ0) is 15.1. The molecule has 112 valence electrons. The molecule has 5 nitrogen and oxygen atoms in total. The number of urea groups is 1. The maximum atomic E-state index is 12.1. The molecule has 0 bridgehead atoms. The number of nitrogens with one attached hydrogen (secondary N) is 1. The van der Waals surface area contributed by atoms with Crippen molar-refractivity contribution in [1.29, 1.82) is 0 Å². The van der Waals surface area contributed by atoms with E-state index in [1.807, 2.05) is 4.90 Å². The molecule has 0 radical (unpaired) electrons. The number of rotatable bonds is 3. The van der Waals surface area contributed by atoms with Gasteiger partial charge in [0.2, 0.25) is 0 Å². The van der Waals surface area contributed by atoms with E-state index in [4.69, 9.17) is 5.11 Å². The van der Waals surface area contributed by atoms with Gasteiger partial charge in [0.1, 0.15) is 0 Å². The zero-order valence-corrected chi connectivity index (χ0v) is 11.9. The van der Waals surface area contributed by atoms with Crippen LogP contribution in [0.4, 0.5) is 10.5 Å². The van der Waals surface area contributed by atoms with Gasteiger partial charge in [0, 0.05) is 24.9 Å². The molecular formula is C16H20N2O3. The summed E-state index contributed by atoms with van der Waals surface area (Å²) in [6.07, 6.45) is 7.11. The van der Waals surface area contributed by atoms with Crippen LogP contribution in [0, 0.1) is 0 Å². The van der Waals surface area contributed by atoms with Crippen LogP contribution in [0.25, 0.3) is 6.08 Å². The van der Waals surface area contributed by atoms with Gasteiger partial charge in [-0.15, -0.1) is 0 Å². The van der Waals surface area contributed by atoms with Crippen molar-refractivity contribution in [2.45, 2.75) is 25.7 Å². The Bertz CT molecular complexity index is 515. The van der Waals surface area contributed by atoms with E-state index < -0.39 is 5.97 Å². The number of likely N-dealkylation sites (tertiary alicyclic amines) is 1. The topological polar surface area (TPSA) is 69.6 Å². The lowest BCUT2D eigenvalue weighted by Gasteiger charge is -2.20. The molecule has 1 fully saturated rings. The van der Waals surface area contributed by atoms with Crippen LogP contribution in [0.2, 0.25) is 0 Å². The highest BCUT2D eigenvalue weighted by Gasteiger charge is 2.15. The molecule has 1 aromatic rings. The van der Waals surface area contributed by atoms with Gasteiger partial charge < -0.3 is 15.3 Å². The number of amides is 2. The second kappa shape index (κ2) is 7.47. The molecule has 1 heterocycles. The monoisotopic (exact) mass is 288 g/mol. The van der Waals surface area contributed by atoms with Crippen LogP contribution in [0.15, 0.2) is 30.3 Å². The Balaban J connectivity index is 1.93. The van der Waals surface area contributed by atoms with E-state index in [1.54, 1.807) is 24.3 Å². The van der Waals surface area contributed by atoms with Crippen molar-refractivity contribution >= 4 is 23.8 Å². The van der Waals surface area contributed by atoms with Crippen LogP contribution in [0.1, 0.15) is 31.2 Å². The van der Waals surface area contributed by atoms with E-state index in [-0.39, 0.29) is 6.03 Å². The molecule has 0 atom stereocenters. The third kappa shape index (κ3) is 4.95. The van der Waals surface area contributed by atoms with Gasteiger partial charge in [-0.05, 0) is 36.6 Å². The fourth-order valence-corrected chi connectivity index (χ4v) is 2.32. The first kappa shape index (κ1) is 15.1. The zero-order valence-electron chi connectivity index (χ0n) is 11.9. The van der Waals surface area contributed by atoms with E-state index in [9.17, 15) is 9.59 Å². The van der Waals surface area contributed by atoms with Crippen LogP contribution in [0.3, 0.4) is 0 Å². The summed E-state index contributed by atoms with van der Waals surface area (Å²) in [6, 6.07) is 7.04. The summed E-state index contributed by atoms with van der Waals surface area (Å²) >= 11 is 0. The second-order valence-electron chi connectivity index (χ2n) is 5.12. The number of benzene rings is 1. The lowest BCUT2D eigenvalue weighted by molar-refractivity contribution is -0.131. The summed E-state index contributed by atoms with van der Waals surface area (Å²) in [5, 5.41) is 11.4. The van der Waals surface area contributed by atoms with Gasteiger partial charge in [-0.3, -0.25) is 0 Å². The van der Waals surface area contributed by atoms with Gasteiger partial charge >= 0.3 is 12.0 Å². The minimum atomic E-state index is -0.978. The first-order chi connectivity index (χ1) is 10.1. The summed E-state index contributed by atoms with van der Waals surface area (Å²) in [5.41, 5.74) is 1.50. The Morgan fingerprint density at radius 3 is 2.24 bits per heavy atom. The van der Waals surface area contributed by atoms with E-state index in [0.717, 1.165) is 43.3 Å². The Labute approximate surface area is 124 Å². The Hall–Kier alpha value is -2.30. The SMILES string of the molecule is O=C(O)/C=C/c1ccc(NC(=O)N2CCCCCC2)cc1. The number of anilines is 1. The Kier molecular flexibility index (Phi) is 5.37. The highest BCUT2D eigenvalue weighted by Crippen LogP contribution is 2.14. The first-order valence-corrected chi connectivity index (χ1v) is 7.22. The molecule has 1 aliphatic rings. The normalized spacial score (nSPS) is 15.7. The third-order valence-electron chi connectivity index (χ3n) is 3.47. The highest BCUT2D eigenvalue weighted by molar-refractivity contribution is 5.89. The quantitative estimate of drug-likeness (QED) is 0.839. The summed E-state index contributed by atoms with van der Waals surface area (Å²) in [5.74, 6) is -0.978. The van der Waals surface area contributed by atoms with E-state index in [1.165, 1.54) is 18.9 Å². The molecular weight excluding hydrogens is 268 g/mol. The fraction of sp³-hybridized carbons (Fsp3) is 0.375. The third-order valence-corrected chi connectivity index (χ3v) is 3.47. The second-order valence-corrected chi connectivity index (χ2v) is 5.12. The van der Waals surface area contributed by atoms with Crippen LogP contribution < -0.4 is 5.32 Å². The summed E-state index contributed by atoms with van der Waals surface area (Å²) < 4.78 is 0. The minimum Gasteiger partial charge on any atom is -0.478 e. The lowest BCUT2D eigenvalue weighted by atomic mass is 10.2. The fourth-order valence-electron chi connectivity index (χ4n) is 2.32. The highest BCUT2D eigenvalue weighted by atomic mass is 16.4. The molecule has 0 spiro atoms. The number of carboxylic acid groups (broad SMARTS) is 1. The van der Waals surface area contributed by atoms with Gasteiger partial charge in [0.15, 0.2) is 0 Å². The van der Waals surface area contributed by atoms with Crippen molar-refractivity contribution in [2.75, 3.05) is 18.4 Å². The smallest absolute Gasteiger partial charge is 0.328 e. The van der Waals surface area contributed by atoms with Crippen LogP contribution >= 0.6 is 0 Å². The van der Waals surface area contributed by atoms with Gasteiger partial charge in [0.05, 0.1) is 0 Å². The number of hydrogen-bond donors (Lipinski definition) is 2. The molecule has 1 aromatic carbocycles. The number of carbonyl (C=O) groups is 2. The van der Waals surface area contributed by atoms with Crippen LogP contribution in [-0.4, -0.2) is 35.1 Å². The average molecular weight is 288 g/mol. The molecule has 21 heavy (non-hydrogen) atoms. The molecule has 5 heteroatoms. The predicted molar refractivity (Wildman–Crippen MR) is 82.2 cm³/mol. The summed E-state index contributed by atoms with van der Waals surface area (Å²) in [6.45, 7) is 1.62. The van der Waals surface area contributed by atoms with Gasteiger partial charge in [-0.1, -0.05) is 25.0 Å². The minimum absolute atomic E-state index is 0.0641. The van der Waals surface area contributed by atoms with E-state index in [2.05, 4.69) is 5.32 Å². The molecule has 1 saturated heterocycles. The molecule has 1 aliphatic heterocycles. The Morgan fingerprint density at radius 2 is 1.67 bits per heavy atom. The standard InChI is InChI=1S/C16H20N2O3/c19-15(20)10-7-13-5-8-14(9-6-13)17-16(21)18-11-3-1-2-4-12-18/h5-10H,1-4,11-12H2,(H,17,21)(H,19,20)/b10-7+. The molecule has 0 saturated carbocycles. The van der Waals surface area contributed by atoms with Crippen molar-refractivity contribution in [2.24, 2.45) is 0 Å². The van der Waals surface area contributed by atoms with Gasteiger partial charge in [-0.2, -0.15) is 0 Å². The Morgan fingerprint density at radius 1 is 1.05 bits per heavy atom. The van der Waals surface area contributed by atoms with E-state index >= 15 is 0 Å². The molecule has 2 N–H and O–H groups in total. The maximum Gasteiger partial charge on any atom is 0.328 e. The van der Waals surface area contributed by atoms with Crippen LogP contribution in [-0.2, 0) is 4.79 Å². The number of carbonyl (C=O) groups excluding carboxylic acids is 1. The van der Waals surface area contributed by atoms with Crippen molar-refractivity contribution in [3.05, 3.63) is 35.9 Å². The van der Waals surface area contributed by atoms with Crippen molar-refractivity contribution in [3.8, 4) is 0 Å². The van der Waals surface area contributed by atoms with E-state index in [0.29, 0.717) is 0 Å². The van der Waals surface area contributed by atoms with Crippen molar-refractivity contribution in [3.63, 3.8) is 0 Å². The molecule has 2 amide bonds. The number of hydrogen-bond acceptors (Lipinski definition) is 2. The van der Waals surface area contributed by atoms with Gasteiger partial charge in [0.25, 0.3) is 0 Å². The van der Waals surface area contributed by atoms with Crippen molar-refractivity contribution < 1.29 is 14.7 Å². The van der Waals surface area contributed by atoms with Crippen molar-refractivity contribution in [1.82, 2.24) is 4.90 Å². The molecule has 0 aromatic heterocycles. The average Bonchev–Trinajstić information content (AvgIpc) is 2.75. The van der Waals surface area contributed by atoms with Crippen LogP contribution in [0.5, 0.6) is 0 Å². The maximum absolute atomic E-state index is 12.1. The number of nitrogens with zero attached hydrogens (tertiary/aromatic N) is 1. The number of aliphatic carboxylic acids is 1. The molecule has 0 unspecified atom stereocenters. The number of carboxylic acids is 1. The predicted octanol–water partition coefficient (Wildman–Crippen LogP) is 3.19. The summed E-state index contributed by atoms with van der Waals surface area (Å²) in [7, 11) is 0. The van der Waals surface area contributed by atoms with Gasteiger partial charge in [-0.25, -0.2) is 9.59 Å². The lowest BCUT2D eigenvalue weighted by Crippen LogP contribution is -2.35. The first-order valence-electron chi connectivity index (χ1n) is 7.22. The molecule has 0 aliphatic carbocycles. The summed E-state index contributed by atoms with van der Waals surface area (Å²) in [4.78, 5) is 24.4. The molecule has 2 rings (SSSR count). The largest absolute Gasteiger partial charge is 0.478 e.